The van der Waals surface area contributed by atoms with E-state index in [0.717, 1.165) is 5.39 Å². The lowest BCUT2D eigenvalue weighted by molar-refractivity contribution is 0.0958. The van der Waals surface area contributed by atoms with Crippen LogP contribution in [0.1, 0.15) is 10.5 Å². The minimum absolute atomic E-state index is 0.0540. The standard InChI is InChI=1S/C15H13N3O2/c1-17-8-4-7-13(17)14(19)10-18-15(20)12-6-3-2-5-11(12)9-16-18/h2-9H,10H2,1H3. The summed E-state index contributed by atoms with van der Waals surface area (Å²) >= 11 is 0. The number of nitrogens with zero attached hydrogens (tertiary/aromatic N) is 3. The average Bonchev–Trinajstić information content (AvgIpc) is 2.88. The molecule has 3 aromatic rings. The second-order valence-corrected chi connectivity index (χ2v) is 4.62. The maximum atomic E-state index is 12.3. The van der Waals surface area contributed by atoms with Crippen molar-refractivity contribution in [1.82, 2.24) is 14.3 Å². The zero-order valence-corrected chi connectivity index (χ0v) is 11.0. The van der Waals surface area contributed by atoms with Crippen molar-refractivity contribution in [3.05, 3.63) is 64.8 Å². The van der Waals surface area contributed by atoms with Gasteiger partial charge >= 0.3 is 0 Å². The first kappa shape index (κ1) is 12.3. The van der Waals surface area contributed by atoms with Gasteiger partial charge in [0.2, 0.25) is 5.78 Å². The molecule has 5 nitrogen and oxygen atoms in total. The summed E-state index contributed by atoms with van der Waals surface area (Å²) in [5.74, 6) is -0.137. The molecule has 0 aliphatic carbocycles. The molecule has 0 unspecified atom stereocenters. The fraction of sp³-hybridized carbons (Fsp3) is 0.133. The van der Waals surface area contributed by atoms with Crippen molar-refractivity contribution in [3.8, 4) is 0 Å². The van der Waals surface area contributed by atoms with E-state index >= 15 is 0 Å². The van der Waals surface area contributed by atoms with Gasteiger partial charge in [-0.25, -0.2) is 4.68 Å². The van der Waals surface area contributed by atoms with E-state index in [1.165, 1.54) is 4.68 Å². The number of carbonyl (C=O) groups is 1. The largest absolute Gasteiger partial charge is 0.348 e. The van der Waals surface area contributed by atoms with Crippen LogP contribution in [-0.2, 0) is 13.6 Å². The topological polar surface area (TPSA) is 56.9 Å². The van der Waals surface area contributed by atoms with E-state index in [0.29, 0.717) is 11.1 Å². The number of fused-ring (bicyclic) bond motifs is 1. The van der Waals surface area contributed by atoms with Crippen LogP contribution in [0.25, 0.3) is 10.8 Å². The molecular formula is C15H13N3O2. The molecule has 0 N–H and O–H groups in total. The first-order chi connectivity index (χ1) is 9.66. The Morgan fingerprint density at radius 1 is 1.20 bits per heavy atom. The predicted molar refractivity (Wildman–Crippen MR) is 75.7 cm³/mol. The fourth-order valence-corrected chi connectivity index (χ4v) is 2.21. The highest BCUT2D eigenvalue weighted by atomic mass is 16.1. The van der Waals surface area contributed by atoms with Gasteiger partial charge in [0.15, 0.2) is 0 Å². The smallest absolute Gasteiger partial charge is 0.275 e. The Kier molecular flexibility index (Phi) is 2.95. The summed E-state index contributed by atoms with van der Waals surface area (Å²) in [6, 6.07) is 10.7. The summed E-state index contributed by atoms with van der Waals surface area (Å²) in [4.78, 5) is 24.4. The molecule has 100 valence electrons. The monoisotopic (exact) mass is 267 g/mol. The van der Waals surface area contributed by atoms with E-state index in [2.05, 4.69) is 5.10 Å². The van der Waals surface area contributed by atoms with Gasteiger partial charge < -0.3 is 4.57 Å². The van der Waals surface area contributed by atoms with Gasteiger partial charge in [0.1, 0.15) is 6.54 Å². The summed E-state index contributed by atoms with van der Waals surface area (Å²) in [7, 11) is 1.80. The SMILES string of the molecule is Cn1cccc1C(=O)Cn1ncc2ccccc2c1=O. The van der Waals surface area contributed by atoms with Crippen LogP contribution in [-0.4, -0.2) is 20.1 Å². The Morgan fingerprint density at radius 3 is 2.75 bits per heavy atom. The predicted octanol–water partition coefficient (Wildman–Crippen LogP) is 1.62. The molecule has 3 rings (SSSR count). The Morgan fingerprint density at radius 2 is 2.00 bits per heavy atom. The molecule has 5 heteroatoms. The van der Waals surface area contributed by atoms with E-state index in [1.54, 1.807) is 48.3 Å². The summed E-state index contributed by atoms with van der Waals surface area (Å²) < 4.78 is 2.94. The molecule has 2 heterocycles. The van der Waals surface area contributed by atoms with Crippen LogP contribution in [0.5, 0.6) is 0 Å². The Labute approximate surface area is 115 Å². The summed E-state index contributed by atoms with van der Waals surface area (Å²) in [6.07, 6.45) is 3.40. The zero-order chi connectivity index (χ0) is 14.1. The van der Waals surface area contributed by atoms with Crippen molar-refractivity contribution < 1.29 is 4.79 Å². The zero-order valence-electron chi connectivity index (χ0n) is 11.0. The van der Waals surface area contributed by atoms with Gasteiger partial charge in [-0.05, 0) is 18.2 Å². The van der Waals surface area contributed by atoms with E-state index in [4.69, 9.17) is 0 Å². The lowest BCUT2D eigenvalue weighted by atomic mass is 10.2. The first-order valence-electron chi connectivity index (χ1n) is 6.26. The maximum Gasteiger partial charge on any atom is 0.275 e. The second-order valence-electron chi connectivity index (χ2n) is 4.62. The average molecular weight is 267 g/mol. The number of hydrogen-bond donors (Lipinski definition) is 0. The second kappa shape index (κ2) is 4.77. The van der Waals surface area contributed by atoms with E-state index < -0.39 is 0 Å². The molecule has 0 atom stereocenters. The molecular weight excluding hydrogens is 254 g/mol. The third-order valence-electron chi connectivity index (χ3n) is 3.28. The number of carbonyl (C=O) groups excluding carboxylic acids is 1. The highest BCUT2D eigenvalue weighted by molar-refractivity contribution is 5.94. The lowest BCUT2D eigenvalue weighted by Gasteiger charge is -2.06. The number of aromatic nitrogens is 3. The highest BCUT2D eigenvalue weighted by Crippen LogP contribution is 2.07. The summed E-state index contributed by atoms with van der Waals surface area (Å²) in [5, 5.41) is 5.41. The molecule has 0 bridgehead atoms. The van der Waals surface area contributed by atoms with Crippen LogP contribution in [0.4, 0.5) is 0 Å². The van der Waals surface area contributed by atoms with Crippen LogP contribution in [0.3, 0.4) is 0 Å². The van der Waals surface area contributed by atoms with Crippen LogP contribution in [0.15, 0.2) is 53.6 Å². The van der Waals surface area contributed by atoms with Crippen LogP contribution < -0.4 is 5.56 Å². The molecule has 0 saturated carbocycles. The lowest BCUT2D eigenvalue weighted by Crippen LogP contribution is -2.27. The van der Waals surface area contributed by atoms with E-state index in [1.807, 2.05) is 12.1 Å². The normalized spacial score (nSPS) is 10.8. The van der Waals surface area contributed by atoms with Crippen molar-refractivity contribution in [2.24, 2.45) is 7.05 Å². The number of rotatable bonds is 3. The van der Waals surface area contributed by atoms with Gasteiger partial charge in [-0.15, -0.1) is 0 Å². The molecule has 0 aliphatic rings. The van der Waals surface area contributed by atoms with Crippen molar-refractivity contribution in [1.29, 1.82) is 0 Å². The number of hydrogen-bond acceptors (Lipinski definition) is 3. The van der Waals surface area contributed by atoms with Crippen LogP contribution in [0, 0.1) is 0 Å². The Bertz CT molecular complexity index is 845. The fourth-order valence-electron chi connectivity index (χ4n) is 2.21. The maximum absolute atomic E-state index is 12.3. The quantitative estimate of drug-likeness (QED) is 0.677. The Hall–Kier alpha value is -2.69. The molecule has 2 aromatic heterocycles. The first-order valence-corrected chi connectivity index (χ1v) is 6.26. The third-order valence-corrected chi connectivity index (χ3v) is 3.28. The summed E-state index contributed by atoms with van der Waals surface area (Å²) in [5.41, 5.74) is 0.317. The molecule has 20 heavy (non-hydrogen) atoms. The number of benzene rings is 1. The molecule has 0 aliphatic heterocycles. The van der Waals surface area contributed by atoms with E-state index in [-0.39, 0.29) is 17.9 Å². The molecule has 0 fully saturated rings. The van der Waals surface area contributed by atoms with Crippen molar-refractivity contribution in [2.75, 3.05) is 0 Å². The van der Waals surface area contributed by atoms with Gasteiger partial charge in [0, 0.05) is 18.6 Å². The third kappa shape index (κ3) is 2.03. The molecule has 0 saturated heterocycles. The summed E-state index contributed by atoms with van der Waals surface area (Å²) in [6.45, 7) is -0.0540. The van der Waals surface area contributed by atoms with Crippen LogP contribution in [0.2, 0.25) is 0 Å². The minimum Gasteiger partial charge on any atom is -0.348 e. The van der Waals surface area contributed by atoms with Crippen molar-refractivity contribution >= 4 is 16.6 Å². The molecule has 0 radical (unpaired) electrons. The Balaban J connectivity index is 2.00. The minimum atomic E-state index is -0.245. The molecule has 0 amide bonds. The van der Waals surface area contributed by atoms with Gasteiger partial charge in [-0.2, -0.15) is 5.10 Å². The van der Waals surface area contributed by atoms with Crippen molar-refractivity contribution in [2.45, 2.75) is 6.54 Å². The molecule has 0 spiro atoms. The van der Waals surface area contributed by atoms with Gasteiger partial charge in [-0.1, -0.05) is 18.2 Å². The number of aryl methyl sites for hydroxylation is 1. The van der Waals surface area contributed by atoms with Crippen molar-refractivity contribution in [3.63, 3.8) is 0 Å². The van der Waals surface area contributed by atoms with E-state index in [9.17, 15) is 9.59 Å². The van der Waals surface area contributed by atoms with Gasteiger partial charge in [0.25, 0.3) is 5.56 Å². The molecule has 1 aromatic carbocycles. The van der Waals surface area contributed by atoms with Gasteiger partial charge in [-0.3, -0.25) is 9.59 Å². The number of Topliss-reactive ketones (excluding diaryl/α,β-unsaturated/α-hetero) is 1. The van der Waals surface area contributed by atoms with Gasteiger partial charge in [0.05, 0.1) is 17.3 Å². The number of ketones is 1. The van der Waals surface area contributed by atoms with Crippen LogP contribution >= 0.6 is 0 Å². The highest BCUT2D eigenvalue weighted by Gasteiger charge is 2.12.